The molecule has 5 aliphatic rings. The van der Waals surface area contributed by atoms with Gasteiger partial charge in [-0.2, -0.15) is 0 Å². The number of likely N-dealkylation sites (tertiary alicyclic amines) is 1. The van der Waals surface area contributed by atoms with E-state index < -0.39 is 71.5 Å². The van der Waals surface area contributed by atoms with Gasteiger partial charge in [0.1, 0.15) is 58.7 Å². The molecule has 63 heavy (non-hydrogen) atoms. The number of alkyl carbamates (subject to hydrolysis) is 1. The Morgan fingerprint density at radius 3 is 2.43 bits per heavy atom. The third kappa shape index (κ3) is 9.63. The molecule has 0 bridgehead atoms. The fourth-order valence-corrected chi connectivity index (χ4v) is 10.5. The molecule has 2 aliphatic heterocycles. The van der Waals surface area contributed by atoms with Crippen LogP contribution in [-0.2, 0) is 19.1 Å². The first-order chi connectivity index (χ1) is 29.7. The summed E-state index contributed by atoms with van der Waals surface area (Å²) in [6, 6.07) is 2.28. The van der Waals surface area contributed by atoms with Crippen LogP contribution in [0.5, 0.6) is 11.5 Å². The summed E-state index contributed by atoms with van der Waals surface area (Å²) >= 11 is 8.38. The number of pyridine rings is 1. The van der Waals surface area contributed by atoms with Gasteiger partial charge >= 0.3 is 12.1 Å². The number of hydrogen-bond acceptors (Lipinski definition) is 12. The van der Waals surface area contributed by atoms with Crippen molar-refractivity contribution in [3.8, 4) is 22.9 Å². The van der Waals surface area contributed by atoms with E-state index in [0.29, 0.717) is 45.9 Å². The Morgan fingerprint density at radius 2 is 1.79 bits per heavy atom. The minimum Gasteiger partial charge on any atom is -0.490 e. The Balaban J connectivity index is 1.10. The van der Waals surface area contributed by atoms with Crippen LogP contribution in [0.1, 0.15) is 86.5 Å². The van der Waals surface area contributed by atoms with Crippen molar-refractivity contribution in [2.24, 2.45) is 23.2 Å². The Kier molecular flexibility index (Phi) is 12.2. The van der Waals surface area contributed by atoms with Gasteiger partial charge < -0.3 is 45.5 Å². The lowest BCUT2D eigenvalue weighted by Gasteiger charge is -2.35. The summed E-state index contributed by atoms with van der Waals surface area (Å²) in [5.74, 6) is -3.73. The molecule has 342 valence electrons. The molecule has 9 atom stereocenters. The van der Waals surface area contributed by atoms with E-state index in [0.717, 1.165) is 19.3 Å². The molecule has 19 heteroatoms. The highest BCUT2D eigenvalue weighted by atomic mass is 35.5. The summed E-state index contributed by atoms with van der Waals surface area (Å²) in [5.41, 5.74) is -1.07. The van der Waals surface area contributed by atoms with Gasteiger partial charge in [0, 0.05) is 41.8 Å². The van der Waals surface area contributed by atoms with Crippen LogP contribution in [0, 0.1) is 23.2 Å². The van der Waals surface area contributed by atoms with Crippen LogP contribution in [0.3, 0.4) is 0 Å². The van der Waals surface area contributed by atoms with Gasteiger partial charge in [-0.3, -0.25) is 9.59 Å². The number of aliphatic carboxylic acids is 1. The summed E-state index contributed by atoms with van der Waals surface area (Å²) in [7, 11) is 0. The predicted molar refractivity (Wildman–Crippen MR) is 232 cm³/mol. The Hall–Kier alpha value is -4.55. The van der Waals surface area contributed by atoms with Crippen molar-refractivity contribution < 1.29 is 47.3 Å². The van der Waals surface area contributed by atoms with Crippen molar-refractivity contribution in [2.75, 3.05) is 25.0 Å². The highest BCUT2D eigenvalue weighted by Gasteiger charge is 2.61. The molecule has 3 saturated carbocycles. The molecular formula is C44H56ClF2N7O8S. The van der Waals surface area contributed by atoms with Crippen LogP contribution in [-0.4, -0.2) is 111 Å². The molecule has 2 aromatic heterocycles. The van der Waals surface area contributed by atoms with E-state index in [1.54, 1.807) is 18.2 Å². The first kappa shape index (κ1) is 45.0. The van der Waals surface area contributed by atoms with Gasteiger partial charge in [0.05, 0.1) is 24.3 Å². The number of aromatic nitrogens is 2. The minimum absolute atomic E-state index is 0.0114. The van der Waals surface area contributed by atoms with Crippen molar-refractivity contribution in [1.29, 1.82) is 0 Å². The van der Waals surface area contributed by atoms with Crippen LogP contribution < -0.4 is 30.7 Å². The van der Waals surface area contributed by atoms with Crippen molar-refractivity contribution in [1.82, 2.24) is 30.8 Å². The smallest absolute Gasteiger partial charge is 0.408 e. The number of halogens is 3. The van der Waals surface area contributed by atoms with E-state index >= 15 is 0 Å². The number of amides is 3. The molecule has 8 rings (SSSR count). The fourth-order valence-electron chi connectivity index (χ4n) is 9.38. The van der Waals surface area contributed by atoms with Crippen LogP contribution in [0.15, 0.2) is 23.6 Å². The number of fused-ring (bicyclic) bond motifs is 2. The number of carboxylic acid groups (broad SMARTS) is 1. The van der Waals surface area contributed by atoms with Crippen molar-refractivity contribution in [3.63, 3.8) is 0 Å². The molecule has 3 aromatic rings. The maximum absolute atomic E-state index is 14.8. The van der Waals surface area contributed by atoms with Crippen molar-refractivity contribution in [2.45, 2.75) is 134 Å². The maximum Gasteiger partial charge on any atom is 0.408 e. The number of benzene rings is 1. The minimum atomic E-state index is -2.83. The van der Waals surface area contributed by atoms with Gasteiger partial charge in [0.15, 0.2) is 5.13 Å². The summed E-state index contributed by atoms with van der Waals surface area (Å²) in [5, 5.41) is 25.0. The van der Waals surface area contributed by atoms with Crippen LogP contribution in [0.25, 0.3) is 22.3 Å². The van der Waals surface area contributed by atoms with Gasteiger partial charge in [-0.15, -0.1) is 11.3 Å². The van der Waals surface area contributed by atoms with Crippen molar-refractivity contribution >= 4 is 62.8 Å². The van der Waals surface area contributed by atoms with Gasteiger partial charge in [-0.05, 0) is 74.8 Å². The normalized spacial score (nSPS) is 28.7. The second-order valence-electron chi connectivity index (χ2n) is 19.3. The Morgan fingerprint density at radius 1 is 1.05 bits per heavy atom. The fraction of sp³-hybridized carbons (Fsp3) is 0.636. The third-order valence-corrected chi connectivity index (χ3v) is 14.1. The van der Waals surface area contributed by atoms with Gasteiger partial charge in [-0.1, -0.05) is 45.7 Å². The van der Waals surface area contributed by atoms with Gasteiger partial charge in [-0.25, -0.2) is 28.3 Å². The number of anilines is 1. The first-order valence-electron chi connectivity index (χ1n) is 21.8. The number of carbonyl (C=O) groups excluding carboxylic acids is 3. The third-order valence-electron chi connectivity index (χ3n) is 13.0. The Labute approximate surface area is 373 Å². The monoisotopic (exact) mass is 915 g/mol. The maximum atomic E-state index is 14.8. The number of carboxylic acids is 1. The number of alkyl halides is 2. The SMILES string of the molecule is CC[C@@H]1C[C@]1(NC(=O)[C@@H]1C[C@@H](Oc2cc(-c3csc(NC(C)C)n3)nc3c(Cl)c(OC[C@@H]4CC(F)(F)CN4)ccc23)CN1C(=O)[C@@H](NC(=O)OC1C[C@@H]2C[C@@H]2C1)C(C)(C)C)C(=O)O. The summed E-state index contributed by atoms with van der Waals surface area (Å²) < 4.78 is 46.3. The molecule has 4 heterocycles. The zero-order valence-corrected chi connectivity index (χ0v) is 37.8. The topological polar surface area (TPSA) is 193 Å². The lowest BCUT2D eigenvalue weighted by Crippen LogP contribution is -2.59. The van der Waals surface area contributed by atoms with E-state index in [9.17, 15) is 33.1 Å². The second-order valence-corrected chi connectivity index (χ2v) is 20.6. The van der Waals surface area contributed by atoms with E-state index in [2.05, 4.69) is 21.3 Å². The van der Waals surface area contributed by atoms with Gasteiger partial charge in [0.2, 0.25) is 11.8 Å². The molecular weight excluding hydrogens is 860 g/mol. The summed E-state index contributed by atoms with van der Waals surface area (Å²) in [4.78, 5) is 65.9. The molecule has 1 unspecified atom stereocenters. The molecule has 15 nitrogen and oxygen atoms in total. The molecule has 0 radical (unpaired) electrons. The lowest BCUT2D eigenvalue weighted by molar-refractivity contribution is -0.146. The summed E-state index contributed by atoms with van der Waals surface area (Å²) in [6.45, 7) is 10.7. The Bertz CT molecular complexity index is 2270. The van der Waals surface area contributed by atoms with Crippen LogP contribution in [0.2, 0.25) is 5.02 Å². The number of nitrogens with one attached hydrogen (secondary N) is 4. The molecule has 0 spiro atoms. The molecule has 5 N–H and O–H groups in total. The van der Waals surface area contributed by atoms with E-state index in [-0.39, 0.29) is 66.8 Å². The molecule has 3 amide bonds. The zero-order valence-electron chi connectivity index (χ0n) is 36.3. The second kappa shape index (κ2) is 17.1. The number of hydrogen-bond donors (Lipinski definition) is 5. The zero-order chi connectivity index (χ0) is 45.2. The molecule has 2 saturated heterocycles. The predicted octanol–water partition coefficient (Wildman–Crippen LogP) is 6.87. The quantitative estimate of drug-likeness (QED) is 0.107. The largest absolute Gasteiger partial charge is 0.490 e. The highest BCUT2D eigenvalue weighted by Crippen LogP contribution is 2.52. The number of carbonyl (C=O) groups is 4. The number of ether oxygens (including phenoxy) is 3. The lowest BCUT2D eigenvalue weighted by atomic mass is 9.85. The van der Waals surface area contributed by atoms with Crippen LogP contribution >= 0.6 is 22.9 Å². The van der Waals surface area contributed by atoms with E-state index in [1.165, 1.54) is 16.2 Å². The number of nitrogens with zero attached hydrogens (tertiary/aromatic N) is 3. The molecule has 1 aromatic carbocycles. The van der Waals surface area contributed by atoms with Crippen LogP contribution in [0.4, 0.5) is 18.7 Å². The summed E-state index contributed by atoms with van der Waals surface area (Å²) in [6.07, 6.45) is 1.43. The number of thiazole rings is 1. The average Bonchev–Trinajstić information content (AvgIpc) is 3.74. The van der Waals surface area contributed by atoms with E-state index in [4.69, 9.17) is 35.8 Å². The number of rotatable bonds is 15. The van der Waals surface area contributed by atoms with Gasteiger partial charge in [0.25, 0.3) is 5.92 Å². The molecule has 3 aliphatic carbocycles. The molecule has 5 fully saturated rings. The average molecular weight is 916 g/mol. The van der Waals surface area contributed by atoms with E-state index in [1.807, 2.05) is 46.9 Å². The highest BCUT2D eigenvalue weighted by molar-refractivity contribution is 7.14. The first-order valence-corrected chi connectivity index (χ1v) is 23.1. The van der Waals surface area contributed by atoms with Crippen molar-refractivity contribution in [3.05, 3.63) is 28.6 Å². The standard InChI is InChI=1S/C44H56ClF2N7O8S/c1-7-24-15-44(24,39(57)58)53-37(55)31-13-27(17-54(31)38(56)36(42(4,5)6)52-41(59)62-26-11-22-10-23(22)12-26)61-33-14-29(30-19-63-40(51-30)49-21(2)3)50-35-28(33)8-9-32(34(35)45)60-18-25-16-43(46,47)20-48-25/h8-9,14,19,21-27,31,36,48H,7,10-13,15-18,20H2,1-6H3,(H,49,51)(H,52,59)(H,53,55)(H,57,58)/t22-,23+,24-,25+,26?,27-,31+,36-,44-/m1/s1.